The van der Waals surface area contributed by atoms with Crippen LogP contribution in [-0.2, 0) is 4.79 Å². The summed E-state index contributed by atoms with van der Waals surface area (Å²) in [6.07, 6.45) is 3.05. The zero-order valence-electron chi connectivity index (χ0n) is 5.74. The van der Waals surface area contributed by atoms with Crippen molar-refractivity contribution in [3.8, 4) is 0 Å². The molecule has 1 nitrogen and oxygen atoms in total. The minimum Gasteiger partial charge on any atom is -0.300 e. The molecule has 0 bridgehead atoms. The second-order valence-electron chi connectivity index (χ2n) is 2.16. The van der Waals surface area contributed by atoms with E-state index in [0.29, 0.717) is 5.78 Å². The molecular formula is C6H13BO. The highest BCUT2D eigenvalue weighted by molar-refractivity contribution is 6.35. The molecule has 0 saturated heterocycles. The Hall–Kier alpha value is -0.265. The SMILES string of the molecule is CCBCCC(C)=O. The summed E-state index contributed by atoms with van der Waals surface area (Å²) >= 11 is 0. The third-order valence-corrected chi connectivity index (χ3v) is 1.13. The first-order chi connectivity index (χ1) is 3.77. The van der Waals surface area contributed by atoms with Crippen LogP contribution in [0, 0.1) is 0 Å². The fourth-order valence-electron chi connectivity index (χ4n) is 0.624. The predicted molar refractivity (Wildman–Crippen MR) is 37.7 cm³/mol. The van der Waals surface area contributed by atoms with Crippen LogP contribution in [0.4, 0.5) is 0 Å². The summed E-state index contributed by atoms with van der Waals surface area (Å²) in [5.74, 6) is 0.318. The van der Waals surface area contributed by atoms with Crippen LogP contribution in [0.2, 0.25) is 12.6 Å². The van der Waals surface area contributed by atoms with Gasteiger partial charge >= 0.3 is 0 Å². The molecule has 0 aliphatic rings. The highest BCUT2D eigenvalue weighted by Gasteiger charge is 1.91. The third-order valence-electron chi connectivity index (χ3n) is 1.13. The van der Waals surface area contributed by atoms with Gasteiger partial charge in [-0.3, -0.25) is 0 Å². The normalized spacial score (nSPS) is 8.75. The van der Waals surface area contributed by atoms with Crippen molar-refractivity contribution in [2.24, 2.45) is 0 Å². The van der Waals surface area contributed by atoms with Crippen LogP contribution in [0.25, 0.3) is 0 Å². The van der Waals surface area contributed by atoms with Crippen LogP contribution in [0.15, 0.2) is 0 Å². The van der Waals surface area contributed by atoms with Gasteiger partial charge in [-0.25, -0.2) is 0 Å². The highest BCUT2D eigenvalue weighted by Crippen LogP contribution is 1.91. The van der Waals surface area contributed by atoms with E-state index in [1.807, 2.05) is 0 Å². The van der Waals surface area contributed by atoms with Crippen LogP contribution in [-0.4, -0.2) is 13.1 Å². The molecule has 0 aromatic carbocycles. The fourth-order valence-corrected chi connectivity index (χ4v) is 0.624. The molecular weight excluding hydrogens is 98.9 g/mol. The Balaban J connectivity index is 2.82. The number of hydrogen-bond acceptors (Lipinski definition) is 1. The summed E-state index contributed by atoms with van der Waals surface area (Å²) in [5.41, 5.74) is 0. The molecule has 8 heavy (non-hydrogen) atoms. The third kappa shape index (κ3) is 5.73. The van der Waals surface area contributed by atoms with Crippen LogP contribution in [0.3, 0.4) is 0 Å². The maximum absolute atomic E-state index is 10.3. The quantitative estimate of drug-likeness (QED) is 0.395. The van der Waals surface area contributed by atoms with Gasteiger partial charge < -0.3 is 4.79 Å². The van der Waals surface area contributed by atoms with Gasteiger partial charge in [-0.15, -0.1) is 0 Å². The van der Waals surface area contributed by atoms with E-state index in [4.69, 9.17) is 0 Å². The van der Waals surface area contributed by atoms with Crippen molar-refractivity contribution >= 4 is 13.1 Å². The Morgan fingerprint density at radius 3 is 2.62 bits per heavy atom. The van der Waals surface area contributed by atoms with Crippen LogP contribution in [0.1, 0.15) is 20.3 Å². The molecule has 0 fully saturated rings. The van der Waals surface area contributed by atoms with Gasteiger partial charge in [0.25, 0.3) is 0 Å². The van der Waals surface area contributed by atoms with Gasteiger partial charge in [0.2, 0.25) is 0 Å². The van der Waals surface area contributed by atoms with Crippen molar-refractivity contribution in [1.29, 1.82) is 0 Å². The van der Waals surface area contributed by atoms with E-state index in [2.05, 4.69) is 6.92 Å². The van der Waals surface area contributed by atoms with E-state index in [9.17, 15) is 4.79 Å². The van der Waals surface area contributed by atoms with Crippen molar-refractivity contribution in [3.63, 3.8) is 0 Å². The molecule has 0 N–H and O–H groups in total. The monoisotopic (exact) mass is 112 g/mol. The van der Waals surface area contributed by atoms with Crippen molar-refractivity contribution in [3.05, 3.63) is 0 Å². The van der Waals surface area contributed by atoms with Crippen LogP contribution in [0.5, 0.6) is 0 Å². The summed E-state index contributed by atoms with van der Waals surface area (Å²) < 4.78 is 0. The van der Waals surface area contributed by atoms with Gasteiger partial charge in [-0.05, 0) is 13.3 Å². The molecule has 0 saturated carbocycles. The molecule has 0 heterocycles. The lowest BCUT2D eigenvalue weighted by molar-refractivity contribution is -0.116. The number of Topliss-reactive ketones (excluding diaryl/α,β-unsaturated/α-hetero) is 1. The first kappa shape index (κ1) is 7.73. The highest BCUT2D eigenvalue weighted by atomic mass is 16.1. The first-order valence-electron chi connectivity index (χ1n) is 3.26. The average molecular weight is 112 g/mol. The van der Waals surface area contributed by atoms with Gasteiger partial charge in [0.05, 0.1) is 0 Å². The zero-order valence-corrected chi connectivity index (χ0v) is 5.74. The molecule has 0 rings (SSSR count). The van der Waals surface area contributed by atoms with Gasteiger partial charge in [-0.2, -0.15) is 0 Å². The summed E-state index contributed by atoms with van der Waals surface area (Å²) in [4.78, 5) is 10.3. The van der Waals surface area contributed by atoms with Gasteiger partial charge in [-0.1, -0.05) is 19.6 Å². The standard InChI is InChI=1S/C6H13BO/c1-3-7-5-4-6(2)8/h7H,3-5H2,1-2H3. The van der Waals surface area contributed by atoms with E-state index >= 15 is 0 Å². The molecule has 0 aliphatic carbocycles. The van der Waals surface area contributed by atoms with E-state index in [0.717, 1.165) is 12.7 Å². The molecule has 0 aromatic heterocycles. The lowest BCUT2D eigenvalue weighted by Crippen LogP contribution is -1.92. The Kier molecular flexibility index (Phi) is 4.72. The number of hydrogen-bond donors (Lipinski definition) is 0. The van der Waals surface area contributed by atoms with Gasteiger partial charge in [0.1, 0.15) is 13.1 Å². The number of ketones is 1. The molecule has 2 heteroatoms. The second kappa shape index (κ2) is 4.88. The number of carbonyl (C=O) groups is 1. The Morgan fingerprint density at radius 2 is 2.25 bits per heavy atom. The minimum absolute atomic E-state index is 0.318. The number of carbonyl (C=O) groups excluding carboxylic acids is 1. The Morgan fingerprint density at radius 1 is 1.62 bits per heavy atom. The maximum Gasteiger partial charge on any atom is 0.129 e. The summed E-state index contributed by atoms with van der Waals surface area (Å²) in [6.45, 7) is 3.79. The van der Waals surface area contributed by atoms with Gasteiger partial charge in [0.15, 0.2) is 0 Å². The van der Waals surface area contributed by atoms with E-state index < -0.39 is 0 Å². The van der Waals surface area contributed by atoms with Crippen molar-refractivity contribution in [2.45, 2.75) is 32.9 Å². The maximum atomic E-state index is 10.3. The van der Waals surface area contributed by atoms with E-state index in [1.54, 1.807) is 6.92 Å². The largest absolute Gasteiger partial charge is 0.300 e. The van der Waals surface area contributed by atoms with Crippen LogP contribution < -0.4 is 0 Å². The van der Waals surface area contributed by atoms with Crippen molar-refractivity contribution in [1.82, 2.24) is 0 Å². The second-order valence-corrected chi connectivity index (χ2v) is 2.16. The molecule has 0 aliphatic heterocycles. The molecule has 0 atom stereocenters. The van der Waals surface area contributed by atoms with Crippen LogP contribution >= 0.6 is 0 Å². The lowest BCUT2D eigenvalue weighted by atomic mass is 9.70. The van der Waals surface area contributed by atoms with Crippen molar-refractivity contribution in [2.75, 3.05) is 0 Å². The van der Waals surface area contributed by atoms with E-state index in [-0.39, 0.29) is 0 Å². The topological polar surface area (TPSA) is 17.1 Å². The molecule has 0 amide bonds. The van der Waals surface area contributed by atoms with E-state index in [1.165, 1.54) is 13.6 Å². The summed E-state index contributed by atoms with van der Waals surface area (Å²) in [5, 5.41) is 0. The van der Waals surface area contributed by atoms with Crippen molar-refractivity contribution < 1.29 is 4.79 Å². The lowest BCUT2D eigenvalue weighted by Gasteiger charge is -1.88. The zero-order chi connectivity index (χ0) is 6.41. The summed E-state index contributed by atoms with van der Waals surface area (Å²) in [6, 6.07) is 0. The molecule has 0 aromatic rings. The Bertz CT molecular complexity index is 70.9. The molecule has 0 spiro atoms. The predicted octanol–water partition coefficient (Wildman–Crippen LogP) is 1.26. The molecule has 0 unspecified atom stereocenters. The number of rotatable bonds is 4. The minimum atomic E-state index is 0.318. The average Bonchev–Trinajstić information content (AvgIpc) is 1.66. The smallest absolute Gasteiger partial charge is 0.129 e. The molecule has 46 valence electrons. The first-order valence-corrected chi connectivity index (χ1v) is 3.26. The molecule has 0 radical (unpaired) electrons. The fraction of sp³-hybridized carbons (Fsp3) is 0.833. The van der Waals surface area contributed by atoms with Gasteiger partial charge in [0, 0.05) is 0 Å². The summed E-state index contributed by atoms with van der Waals surface area (Å²) in [7, 11) is 1.19. The Labute approximate surface area is 51.7 Å².